The van der Waals surface area contributed by atoms with Gasteiger partial charge >= 0.3 is 6.09 Å². The fraction of sp³-hybridized carbons (Fsp3) is 0.900. The lowest BCUT2D eigenvalue weighted by atomic mass is 9.99. The molecule has 2 atom stereocenters. The first-order valence-corrected chi connectivity index (χ1v) is 5.16. The number of nitrogens with two attached hydrogens (primary N) is 1. The van der Waals surface area contributed by atoms with Crippen molar-refractivity contribution in [1.82, 2.24) is 4.90 Å². The molecule has 0 spiro atoms. The Morgan fingerprint density at radius 1 is 1.64 bits per heavy atom. The van der Waals surface area contributed by atoms with Crippen LogP contribution in [0.4, 0.5) is 4.79 Å². The largest absolute Gasteiger partial charge is 0.453 e. The maximum Gasteiger partial charge on any atom is 0.409 e. The smallest absolute Gasteiger partial charge is 0.409 e. The predicted molar refractivity (Wildman–Crippen MR) is 54.9 cm³/mol. The van der Waals surface area contributed by atoms with Crippen LogP contribution in [-0.2, 0) is 4.74 Å². The van der Waals surface area contributed by atoms with E-state index in [1.807, 2.05) is 0 Å². The lowest BCUT2D eigenvalue weighted by molar-refractivity contribution is 0.113. The number of hydrogen-bond donors (Lipinski definition) is 1. The van der Waals surface area contributed by atoms with E-state index in [9.17, 15) is 4.79 Å². The Hall–Kier alpha value is -0.770. The van der Waals surface area contributed by atoms with Gasteiger partial charge in [0, 0.05) is 12.6 Å². The number of amides is 1. The Morgan fingerprint density at radius 3 is 2.79 bits per heavy atom. The number of nitrogens with zero attached hydrogens (tertiary/aromatic N) is 1. The molecule has 0 aromatic rings. The number of methoxy groups -OCH3 is 1. The average molecular weight is 200 g/mol. The number of likely N-dealkylation sites (tertiary alicyclic amines) is 1. The Balaban J connectivity index is 2.61. The van der Waals surface area contributed by atoms with Crippen LogP contribution in [0.5, 0.6) is 0 Å². The molecule has 0 bridgehead atoms. The van der Waals surface area contributed by atoms with Gasteiger partial charge in [0.1, 0.15) is 0 Å². The van der Waals surface area contributed by atoms with Crippen molar-refractivity contribution in [2.75, 3.05) is 13.7 Å². The van der Waals surface area contributed by atoms with E-state index in [0.29, 0.717) is 5.92 Å². The van der Waals surface area contributed by atoms with Gasteiger partial charge in [0.25, 0.3) is 0 Å². The summed E-state index contributed by atoms with van der Waals surface area (Å²) < 4.78 is 4.73. The third-order valence-corrected chi connectivity index (χ3v) is 2.72. The first-order chi connectivity index (χ1) is 6.56. The van der Waals surface area contributed by atoms with Crippen molar-refractivity contribution >= 4 is 6.09 Å². The number of ether oxygens (including phenoxy) is 1. The third-order valence-electron chi connectivity index (χ3n) is 2.72. The fourth-order valence-corrected chi connectivity index (χ4v) is 2.01. The first kappa shape index (κ1) is 11.3. The van der Waals surface area contributed by atoms with Gasteiger partial charge in [-0.3, -0.25) is 0 Å². The fourth-order valence-electron chi connectivity index (χ4n) is 2.01. The van der Waals surface area contributed by atoms with Crippen molar-refractivity contribution < 1.29 is 9.53 Å². The van der Waals surface area contributed by atoms with E-state index >= 15 is 0 Å². The average Bonchev–Trinajstić information content (AvgIpc) is 2.46. The number of carbonyl (C=O) groups excluding carboxylic acids is 1. The van der Waals surface area contributed by atoms with Gasteiger partial charge in [-0.25, -0.2) is 4.79 Å². The molecule has 1 rings (SSSR count). The van der Waals surface area contributed by atoms with E-state index in [2.05, 4.69) is 13.8 Å². The SMILES string of the molecule is COC(=O)N1CCC(N)C1CC(C)C. The molecular formula is C10H20N2O2. The number of rotatable bonds is 2. The maximum atomic E-state index is 11.4. The third kappa shape index (κ3) is 2.38. The zero-order valence-electron chi connectivity index (χ0n) is 9.19. The van der Waals surface area contributed by atoms with Crippen molar-refractivity contribution in [3.05, 3.63) is 0 Å². The van der Waals surface area contributed by atoms with Crippen molar-refractivity contribution in [3.63, 3.8) is 0 Å². The monoisotopic (exact) mass is 200 g/mol. The zero-order valence-corrected chi connectivity index (χ0v) is 9.19. The summed E-state index contributed by atoms with van der Waals surface area (Å²) >= 11 is 0. The van der Waals surface area contributed by atoms with E-state index < -0.39 is 0 Å². The van der Waals surface area contributed by atoms with Gasteiger partial charge in [0.15, 0.2) is 0 Å². The molecule has 1 heterocycles. The molecule has 1 saturated heterocycles. The highest BCUT2D eigenvalue weighted by molar-refractivity contribution is 5.68. The van der Waals surface area contributed by atoms with Crippen molar-refractivity contribution in [1.29, 1.82) is 0 Å². The highest BCUT2D eigenvalue weighted by Crippen LogP contribution is 2.23. The Labute approximate surface area is 85.4 Å². The van der Waals surface area contributed by atoms with Crippen molar-refractivity contribution in [2.45, 2.75) is 38.8 Å². The summed E-state index contributed by atoms with van der Waals surface area (Å²) in [6, 6.07) is 0.263. The van der Waals surface area contributed by atoms with Gasteiger partial charge in [-0.05, 0) is 18.8 Å². The molecule has 1 aliphatic rings. The minimum atomic E-state index is -0.247. The molecule has 2 unspecified atom stereocenters. The molecule has 1 aliphatic heterocycles. The van der Waals surface area contributed by atoms with Crippen LogP contribution in [0.3, 0.4) is 0 Å². The molecule has 2 N–H and O–H groups in total. The Kier molecular flexibility index (Phi) is 3.75. The molecule has 0 aromatic carbocycles. The van der Waals surface area contributed by atoms with Gasteiger partial charge in [-0.1, -0.05) is 13.8 Å². The van der Waals surface area contributed by atoms with E-state index in [-0.39, 0.29) is 18.2 Å². The van der Waals surface area contributed by atoms with E-state index in [0.717, 1.165) is 19.4 Å². The van der Waals surface area contributed by atoms with Crippen LogP contribution < -0.4 is 5.73 Å². The lowest BCUT2D eigenvalue weighted by Gasteiger charge is -2.26. The summed E-state index contributed by atoms with van der Waals surface area (Å²) in [5, 5.41) is 0. The van der Waals surface area contributed by atoms with Gasteiger partial charge < -0.3 is 15.4 Å². The normalized spacial score (nSPS) is 27.1. The molecule has 0 aromatic heterocycles. The molecule has 1 amide bonds. The molecule has 14 heavy (non-hydrogen) atoms. The zero-order chi connectivity index (χ0) is 10.7. The first-order valence-electron chi connectivity index (χ1n) is 5.16. The molecular weight excluding hydrogens is 180 g/mol. The summed E-state index contributed by atoms with van der Waals surface area (Å²) in [5.74, 6) is 0.552. The van der Waals surface area contributed by atoms with E-state index in [4.69, 9.17) is 10.5 Å². The van der Waals surface area contributed by atoms with Crippen molar-refractivity contribution in [2.24, 2.45) is 11.7 Å². The van der Waals surface area contributed by atoms with Gasteiger partial charge in [-0.2, -0.15) is 0 Å². The van der Waals surface area contributed by atoms with Crippen molar-refractivity contribution in [3.8, 4) is 0 Å². The second-order valence-corrected chi connectivity index (χ2v) is 4.31. The molecule has 0 saturated carbocycles. The summed E-state index contributed by atoms with van der Waals surface area (Å²) in [4.78, 5) is 13.2. The summed E-state index contributed by atoms with van der Waals surface area (Å²) in [6.07, 6.45) is 1.59. The summed E-state index contributed by atoms with van der Waals surface area (Å²) in [6.45, 7) is 5.01. The van der Waals surface area contributed by atoms with Crippen LogP contribution >= 0.6 is 0 Å². The standard InChI is InChI=1S/C10H20N2O2/c1-7(2)6-9-8(11)4-5-12(9)10(13)14-3/h7-9H,4-6,11H2,1-3H3. The molecule has 4 heteroatoms. The highest BCUT2D eigenvalue weighted by Gasteiger charge is 2.35. The number of carbonyl (C=O) groups is 1. The minimum Gasteiger partial charge on any atom is -0.453 e. The van der Waals surface area contributed by atoms with Crippen LogP contribution in [0.1, 0.15) is 26.7 Å². The minimum absolute atomic E-state index is 0.108. The molecule has 0 radical (unpaired) electrons. The predicted octanol–water partition coefficient (Wildman–Crippen LogP) is 1.20. The van der Waals surface area contributed by atoms with Crippen LogP contribution in [0.25, 0.3) is 0 Å². The Bertz CT molecular complexity index is 206. The quantitative estimate of drug-likeness (QED) is 0.728. The Morgan fingerprint density at radius 2 is 2.29 bits per heavy atom. The van der Waals surface area contributed by atoms with Gasteiger partial charge in [0.2, 0.25) is 0 Å². The number of hydrogen-bond acceptors (Lipinski definition) is 3. The molecule has 0 aliphatic carbocycles. The second-order valence-electron chi connectivity index (χ2n) is 4.31. The molecule has 82 valence electrons. The van der Waals surface area contributed by atoms with E-state index in [1.165, 1.54) is 7.11 Å². The maximum absolute atomic E-state index is 11.4. The van der Waals surface area contributed by atoms with Gasteiger partial charge in [0.05, 0.1) is 13.2 Å². The van der Waals surface area contributed by atoms with E-state index in [1.54, 1.807) is 4.90 Å². The molecule has 4 nitrogen and oxygen atoms in total. The highest BCUT2D eigenvalue weighted by atomic mass is 16.5. The second kappa shape index (κ2) is 4.64. The lowest BCUT2D eigenvalue weighted by Crippen LogP contribution is -2.43. The molecule has 1 fully saturated rings. The van der Waals surface area contributed by atoms with Crippen LogP contribution in [0.2, 0.25) is 0 Å². The summed E-state index contributed by atoms with van der Waals surface area (Å²) in [7, 11) is 1.42. The van der Waals surface area contributed by atoms with Crippen LogP contribution in [0.15, 0.2) is 0 Å². The van der Waals surface area contributed by atoms with Crippen LogP contribution in [-0.4, -0.2) is 36.7 Å². The topological polar surface area (TPSA) is 55.6 Å². The van der Waals surface area contributed by atoms with Crippen LogP contribution in [0, 0.1) is 5.92 Å². The summed E-state index contributed by atoms with van der Waals surface area (Å²) in [5.41, 5.74) is 5.96. The van der Waals surface area contributed by atoms with Gasteiger partial charge in [-0.15, -0.1) is 0 Å².